The number of benzene rings is 1. The van der Waals surface area contributed by atoms with Gasteiger partial charge in [0, 0.05) is 43.3 Å². The molecular formula is C30H35F3N6O3S. The normalized spacial score (nSPS) is 20.4. The third-order valence-corrected chi connectivity index (χ3v) is 9.52. The first kappa shape index (κ1) is 30.0. The number of aliphatic hydroxyl groups excluding tert-OH is 1. The third-order valence-electron chi connectivity index (χ3n) is 8.63. The fraction of sp³-hybridized carbons (Fsp3) is 0.533. The summed E-state index contributed by atoms with van der Waals surface area (Å²) >= 11 is 1.33. The fourth-order valence-corrected chi connectivity index (χ4v) is 7.00. The van der Waals surface area contributed by atoms with E-state index in [0.29, 0.717) is 48.4 Å². The van der Waals surface area contributed by atoms with Crippen LogP contribution in [0.5, 0.6) is 0 Å². The summed E-state index contributed by atoms with van der Waals surface area (Å²) in [6.07, 6.45) is -0.332. The zero-order valence-electron chi connectivity index (χ0n) is 24.2. The number of nitrogens with zero attached hydrogens (tertiary/aromatic N) is 6. The van der Waals surface area contributed by atoms with Crippen LogP contribution in [0.1, 0.15) is 58.2 Å². The minimum absolute atomic E-state index is 0.0224. The van der Waals surface area contributed by atoms with E-state index in [0.717, 1.165) is 37.3 Å². The summed E-state index contributed by atoms with van der Waals surface area (Å²) in [6, 6.07) is 6.54. The lowest BCUT2D eigenvalue weighted by atomic mass is 9.76. The molecule has 3 aliphatic rings. The fourth-order valence-electron chi connectivity index (χ4n) is 6.33. The number of anilines is 1. The molecule has 1 amide bonds. The van der Waals surface area contributed by atoms with Crippen LogP contribution in [-0.4, -0.2) is 74.3 Å². The van der Waals surface area contributed by atoms with E-state index in [1.54, 1.807) is 18.5 Å². The molecule has 1 aromatic carbocycles. The SMILES string of the molecule is C[C@H]1CCCN(Cc2cc3c(c(C(F)(F)F)c2)CN(c2cc(C4(Cc5nncn5C)COC4)cc(SCCO)n2)C3=O)C1. The topological polar surface area (TPSA) is 96.6 Å². The zero-order chi connectivity index (χ0) is 30.4. The molecule has 3 aliphatic heterocycles. The predicted octanol–water partition coefficient (Wildman–Crippen LogP) is 4.22. The van der Waals surface area contributed by atoms with Crippen LogP contribution in [0.25, 0.3) is 0 Å². The molecule has 2 saturated heterocycles. The second kappa shape index (κ2) is 11.8. The number of piperidine rings is 1. The Labute approximate surface area is 252 Å². The van der Waals surface area contributed by atoms with E-state index in [4.69, 9.17) is 4.74 Å². The Balaban J connectivity index is 1.36. The average Bonchev–Trinajstić information content (AvgIpc) is 3.50. The van der Waals surface area contributed by atoms with E-state index in [1.807, 2.05) is 17.7 Å². The molecule has 2 aromatic heterocycles. The van der Waals surface area contributed by atoms with Gasteiger partial charge in [0.05, 0.1) is 37.0 Å². The molecule has 0 aliphatic carbocycles. The molecule has 43 heavy (non-hydrogen) atoms. The lowest BCUT2D eigenvalue weighted by molar-refractivity contribution is -0.138. The van der Waals surface area contributed by atoms with Crippen molar-refractivity contribution in [2.45, 2.75) is 55.9 Å². The van der Waals surface area contributed by atoms with Gasteiger partial charge < -0.3 is 14.4 Å². The highest BCUT2D eigenvalue weighted by Crippen LogP contribution is 2.42. The number of aliphatic hydroxyl groups is 1. The Bertz CT molecular complexity index is 1510. The number of alkyl halides is 3. The number of hydrogen-bond donors (Lipinski definition) is 1. The first-order valence-corrected chi connectivity index (χ1v) is 15.5. The van der Waals surface area contributed by atoms with E-state index in [-0.39, 0.29) is 30.1 Å². The molecule has 13 heteroatoms. The molecule has 1 atom stereocenters. The molecule has 9 nitrogen and oxygen atoms in total. The quantitative estimate of drug-likeness (QED) is 0.357. The zero-order valence-corrected chi connectivity index (χ0v) is 25.0. The van der Waals surface area contributed by atoms with Gasteiger partial charge in [0.1, 0.15) is 18.0 Å². The monoisotopic (exact) mass is 616 g/mol. The summed E-state index contributed by atoms with van der Waals surface area (Å²) in [5, 5.41) is 18.3. The Hall–Kier alpha value is -3.00. The smallest absolute Gasteiger partial charge is 0.396 e. The molecule has 0 bridgehead atoms. The Kier molecular flexibility index (Phi) is 8.26. The largest absolute Gasteiger partial charge is 0.416 e. The van der Waals surface area contributed by atoms with Crippen LogP contribution in [0.4, 0.5) is 19.0 Å². The Morgan fingerprint density at radius 1 is 1.21 bits per heavy atom. The second-order valence-corrected chi connectivity index (χ2v) is 13.1. The number of carbonyl (C=O) groups is 1. The van der Waals surface area contributed by atoms with Crippen LogP contribution >= 0.6 is 11.8 Å². The van der Waals surface area contributed by atoms with Crippen molar-refractivity contribution in [2.75, 3.05) is 43.6 Å². The summed E-state index contributed by atoms with van der Waals surface area (Å²) < 4.78 is 50.7. The molecule has 0 spiro atoms. The number of aromatic nitrogens is 4. The molecule has 6 rings (SSSR count). The number of aryl methyl sites for hydroxylation is 1. The van der Waals surface area contributed by atoms with Crippen LogP contribution < -0.4 is 4.90 Å². The van der Waals surface area contributed by atoms with Crippen LogP contribution in [0.15, 0.2) is 35.6 Å². The van der Waals surface area contributed by atoms with E-state index in [2.05, 4.69) is 27.0 Å². The highest BCUT2D eigenvalue weighted by molar-refractivity contribution is 7.99. The standard InChI is InChI=1S/C30H35F3N6O3S/c1-19-4-3-5-38(13-19)14-20-8-22-23(24(9-20)30(31,32)33)15-39(28(22)41)25-10-21(11-27(35-25)43-7-6-40)29(16-42-17-29)12-26-36-34-18-37(26)2/h8-11,18-19,40H,3-7,12-17H2,1-2H3/t19-/m0/s1. The van der Waals surface area contributed by atoms with E-state index < -0.39 is 23.1 Å². The van der Waals surface area contributed by atoms with Gasteiger partial charge in [0.2, 0.25) is 0 Å². The van der Waals surface area contributed by atoms with Gasteiger partial charge in [-0.05, 0) is 66.3 Å². The van der Waals surface area contributed by atoms with Crippen molar-refractivity contribution in [3.05, 3.63) is 64.2 Å². The van der Waals surface area contributed by atoms with E-state index >= 15 is 0 Å². The lowest BCUT2D eigenvalue weighted by Gasteiger charge is -2.42. The van der Waals surface area contributed by atoms with Crippen molar-refractivity contribution in [2.24, 2.45) is 13.0 Å². The van der Waals surface area contributed by atoms with Crippen molar-refractivity contribution in [1.82, 2.24) is 24.6 Å². The molecule has 1 N–H and O–H groups in total. The summed E-state index contributed by atoms with van der Waals surface area (Å²) in [5.41, 5.74) is 0.173. The van der Waals surface area contributed by atoms with Crippen molar-refractivity contribution in [1.29, 1.82) is 0 Å². The number of halogens is 3. The molecule has 0 saturated carbocycles. The van der Waals surface area contributed by atoms with Gasteiger partial charge in [0.15, 0.2) is 0 Å². The van der Waals surface area contributed by atoms with Crippen molar-refractivity contribution < 1.29 is 27.8 Å². The van der Waals surface area contributed by atoms with Crippen molar-refractivity contribution in [3.63, 3.8) is 0 Å². The third kappa shape index (κ3) is 6.04. The van der Waals surface area contributed by atoms with E-state index in [9.17, 15) is 23.1 Å². The Morgan fingerprint density at radius 2 is 2.02 bits per heavy atom. The van der Waals surface area contributed by atoms with Crippen molar-refractivity contribution >= 4 is 23.5 Å². The number of rotatable bonds is 9. The lowest BCUT2D eigenvalue weighted by Crippen LogP contribution is -2.49. The van der Waals surface area contributed by atoms with Gasteiger partial charge in [0.25, 0.3) is 5.91 Å². The van der Waals surface area contributed by atoms with E-state index in [1.165, 1.54) is 22.7 Å². The maximum Gasteiger partial charge on any atom is 0.416 e. The van der Waals surface area contributed by atoms with Crippen LogP contribution in [-0.2, 0) is 42.9 Å². The number of hydrogen-bond acceptors (Lipinski definition) is 8. The average molecular weight is 617 g/mol. The van der Waals surface area contributed by atoms with Gasteiger partial charge >= 0.3 is 6.18 Å². The number of fused-ring (bicyclic) bond motifs is 1. The minimum atomic E-state index is -4.60. The summed E-state index contributed by atoms with van der Waals surface area (Å²) in [5.74, 6) is 1.42. The number of carbonyl (C=O) groups excluding carboxylic acids is 1. The maximum atomic E-state index is 14.4. The summed E-state index contributed by atoms with van der Waals surface area (Å²) in [4.78, 5) is 22.0. The minimum Gasteiger partial charge on any atom is -0.396 e. The number of amides is 1. The maximum absolute atomic E-state index is 14.4. The number of ether oxygens (including phenoxy) is 1. The predicted molar refractivity (Wildman–Crippen MR) is 155 cm³/mol. The highest BCUT2D eigenvalue weighted by atomic mass is 32.2. The van der Waals surface area contributed by atoms with Crippen LogP contribution in [0.2, 0.25) is 0 Å². The molecule has 5 heterocycles. The number of likely N-dealkylation sites (tertiary alicyclic amines) is 1. The molecule has 3 aromatic rings. The van der Waals surface area contributed by atoms with Crippen molar-refractivity contribution in [3.8, 4) is 0 Å². The second-order valence-electron chi connectivity index (χ2n) is 12.0. The molecule has 0 unspecified atom stereocenters. The van der Waals surface area contributed by atoms with Gasteiger partial charge in [-0.1, -0.05) is 6.92 Å². The number of thioether (sulfide) groups is 1. The first-order chi connectivity index (χ1) is 20.6. The highest BCUT2D eigenvalue weighted by Gasteiger charge is 2.44. The van der Waals surface area contributed by atoms with Gasteiger partial charge in [-0.2, -0.15) is 13.2 Å². The van der Waals surface area contributed by atoms with Gasteiger partial charge in [-0.3, -0.25) is 14.6 Å². The molecule has 230 valence electrons. The first-order valence-electron chi connectivity index (χ1n) is 14.5. The van der Waals surface area contributed by atoms with Gasteiger partial charge in [-0.15, -0.1) is 22.0 Å². The Morgan fingerprint density at radius 3 is 2.67 bits per heavy atom. The van der Waals surface area contributed by atoms with Crippen LogP contribution in [0.3, 0.4) is 0 Å². The number of pyridine rings is 1. The molecule has 2 fully saturated rings. The van der Waals surface area contributed by atoms with Crippen LogP contribution in [0, 0.1) is 5.92 Å². The van der Waals surface area contributed by atoms with Gasteiger partial charge in [-0.25, -0.2) is 4.98 Å². The molecular weight excluding hydrogens is 581 g/mol. The summed E-state index contributed by atoms with van der Waals surface area (Å²) in [6.45, 7) is 4.71. The molecule has 0 radical (unpaired) electrons. The summed E-state index contributed by atoms with van der Waals surface area (Å²) in [7, 11) is 1.86.